The molecule has 1 heterocycles. The van der Waals surface area contributed by atoms with Crippen LogP contribution in [0.4, 0.5) is 0 Å². The Balaban J connectivity index is 1.80. The lowest BCUT2D eigenvalue weighted by Gasteiger charge is -2.09. The molecule has 0 radical (unpaired) electrons. The van der Waals surface area contributed by atoms with Gasteiger partial charge in [0.15, 0.2) is 6.61 Å². The van der Waals surface area contributed by atoms with Crippen molar-refractivity contribution in [3.63, 3.8) is 0 Å². The number of aromatic nitrogens is 2. The Bertz CT molecular complexity index is 993. The van der Waals surface area contributed by atoms with E-state index in [4.69, 9.17) is 9.84 Å². The molecule has 0 saturated heterocycles. The van der Waals surface area contributed by atoms with Crippen LogP contribution in [0.5, 0.6) is 0 Å². The molecule has 0 aliphatic heterocycles. The van der Waals surface area contributed by atoms with Crippen molar-refractivity contribution < 1.29 is 14.3 Å². The molecule has 1 aromatic heterocycles. The SMILES string of the molecule is CN(C)C(=O)COC(=O)/C=C/c1cn(Cc2ccccc2)nc1-c1ccccc1. The fourth-order valence-electron chi connectivity index (χ4n) is 2.70. The van der Waals surface area contributed by atoms with Crippen molar-refractivity contribution in [1.82, 2.24) is 14.7 Å². The van der Waals surface area contributed by atoms with Crippen LogP contribution in [0.25, 0.3) is 17.3 Å². The van der Waals surface area contributed by atoms with Crippen molar-refractivity contribution in [3.05, 3.63) is 84.1 Å². The van der Waals surface area contributed by atoms with Gasteiger partial charge < -0.3 is 9.64 Å². The van der Waals surface area contributed by atoms with E-state index in [1.54, 1.807) is 20.2 Å². The average Bonchev–Trinajstić information content (AvgIpc) is 3.14. The third-order valence-corrected chi connectivity index (χ3v) is 4.26. The first kappa shape index (κ1) is 20.1. The number of amides is 1. The predicted octanol–water partition coefficient (Wildman–Crippen LogP) is 3.24. The Labute approximate surface area is 170 Å². The van der Waals surface area contributed by atoms with E-state index in [2.05, 4.69) is 0 Å². The number of benzene rings is 2. The van der Waals surface area contributed by atoms with Crippen molar-refractivity contribution in [2.75, 3.05) is 20.7 Å². The van der Waals surface area contributed by atoms with Crippen molar-refractivity contribution in [2.24, 2.45) is 0 Å². The van der Waals surface area contributed by atoms with Gasteiger partial charge in [-0.1, -0.05) is 60.7 Å². The lowest BCUT2D eigenvalue weighted by Crippen LogP contribution is -2.27. The summed E-state index contributed by atoms with van der Waals surface area (Å²) >= 11 is 0. The number of rotatable bonds is 7. The first-order valence-corrected chi connectivity index (χ1v) is 9.24. The van der Waals surface area contributed by atoms with E-state index in [0.29, 0.717) is 6.54 Å². The fraction of sp³-hybridized carbons (Fsp3) is 0.174. The minimum atomic E-state index is -0.574. The van der Waals surface area contributed by atoms with Gasteiger partial charge in [-0.15, -0.1) is 0 Å². The summed E-state index contributed by atoms with van der Waals surface area (Å²) in [6, 6.07) is 19.8. The molecule has 0 fully saturated rings. The number of likely N-dealkylation sites (N-methyl/N-ethyl adjacent to an activating group) is 1. The van der Waals surface area contributed by atoms with Gasteiger partial charge in [-0.2, -0.15) is 5.10 Å². The van der Waals surface area contributed by atoms with E-state index in [-0.39, 0.29) is 12.5 Å². The molecule has 2 aromatic carbocycles. The zero-order chi connectivity index (χ0) is 20.6. The fourth-order valence-corrected chi connectivity index (χ4v) is 2.70. The molecule has 3 aromatic rings. The van der Waals surface area contributed by atoms with Gasteiger partial charge in [-0.3, -0.25) is 9.48 Å². The van der Waals surface area contributed by atoms with Gasteiger partial charge in [0.2, 0.25) is 0 Å². The summed E-state index contributed by atoms with van der Waals surface area (Å²) in [4.78, 5) is 24.9. The quantitative estimate of drug-likeness (QED) is 0.460. The molecule has 6 heteroatoms. The normalized spacial score (nSPS) is 10.8. The Morgan fingerprint density at radius 2 is 1.69 bits per heavy atom. The number of hydrogen-bond donors (Lipinski definition) is 0. The molecule has 0 saturated carbocycles. The van der Waals surface area contributed by atoms with Crippen LogP contribution in [0.2, 0.25) is 0 Å². The maximum Gasteiger partial charge on any atom is 0.331 e. The summed E-state index contributed by atoms with van der Waals surface area (Å²) in [7, 11) is 3.22. The highest BCUT2D eigenvalue weighted by Crippen LogP contribution is 2.23. The zero-order valence-electron chi connectivity index (χ0n) is 16.5. The van der Waals surface area contributed by atoms with Crippen molar-refractivity contribution in [3.8, 4) is 11.3 Å². The van der Waals surface area contributed by atoms with Crippen LogP contribution in [-0.2, 0) is 20.9 Å². The molecular weight excluding hydrogens is 366 g/mol. The molecule has 1 amide bonds. The van der Waals surface area contributed by atoms with Gasteiger partial charge in [0.25, 0.3) is 5.91 Å². The molecule has 3 rings (SSSR count). The Hall–Kier alpha value is -3.67. The van der Waals surface area contributed by atoms with Crippen LogP contribution >= 0.6 is 0 Å². The largest absolute Gasteiger partial charge is 0.452 e. The first-order chi connectivity index (χ1) is 14.0. The molecule has 0 aliphatic carbocycles. The Morgan fingerprint density at radius 3 is 2.34 bits per heavy atom. The third-order valence-electron chi connectivity index (χ3n) is 4.26. The standard InChI is InChI=1S/C23H23N3O3/c1-25(2)21(27)17-29-22(28)14-13-20-16-26(15-18-9-5-3-6-10-18)24-23(20)19-11-7-4-8-12-19/h3-14,16H,15,17H2,1-2H3/b14-13+. The summed E-state index contributed by atoms with van der Waals surface area (Å²) in [5, 5.41) is 4.70. The van der Waals surface area contributed by atoms with Gasteiger partial charge >= 0.3 is 5.97 Å². The second-order valence-electron chi connectivity index (χ2n) is 6.71. The van der Waals surface area contributed by atoms with Crippen LogP contribution < -0.4 is 0 Å². The number of carbonyl (C=O) groups excluding carboxylic acids is 2. The number of esters is 1. The average molecular weight is 389 g/mol. The number of carbonyl (C=O) groups is 2. The van der Waals surface area contributed by atoms with Gasteiger partial charge in [0.05, 0.1) is 12.2 Å². The second kappa shape index (κ2) is 9.50. The lowest BCUT2D eigenvalue weighted by atomic mass is 10.1. The van der Waals surface area contributed by atoms with Gasteiger partial charge in [-0.05, 0) is 11.6 Å². The van der Waals surface area contributed by atoms with Crippen molar-refractivity contribution >= 4 is 18.0 Å². The third kappa shape index (κ3) is 5.65. The van der Waals surface area contributed by atoms with Crippen molar-refractivity contribution in [2.45, 2.75) is 6.54 Å². The van der Waals surface area contributed by atoms with Gasteiger partial charge in [0.1, 0.15) is 0 Å². The topological polar surface area (TPSA) is 64.4 Å². The molecule has 148 valence electrons. The summed E-state index contributed by atoms with van der Waals surface area (Å²) in [5.74, 6) is -0.845. The van der Waals surface area contributed by atoms with Crippen LogP contribution in [0, 0.1) is 0 Å². The van der Waals surface area contributed by atoms with Crippen LogP contribution in [-0.4, -0.2) is 47.3 Å². The molecule has 29 heavy (non-hydrogen) atoms. The van der Waals surface area contributed by atoms with E-state index in [9.17, 15) is 9.59 Å². The summed E-state index contributed by atoms with van der Waals surface area (Å²) in [6.45, 7) is 0.339. The zero-order valence-corrected chi connectivity index (χ0v) is 16.5. The number of nitrogens with zero attached hydrogens (tertiary/aromatic N) is 3. The number of ether oxygens (including phenoxy) is 1. The van der Waals surface area contributed by atoms with Crippen LogP contribution in [0.1, 0.15) is 11.1 Å². The molecule has 0 spiro atoms. The van der Waals surface area contributed by atoms with E-state index >= 15 is 0 Å². The maximum atomic E-state index is 12.0. The first-order valence-electron chi connectivity index (χ1n) is 9.24. The molecule has 0 aliphatic rings. The molecule has 0 atom stereocenters. The van der Waals surface area contributed by atoms with Gasteiger partial charge in [0, 0.05) is 37.5 Å². The number of hydrogen-bond acceptors (Lipinski definition) is 4. The van der Waals surface area contributed by atoms with E-state index in [1.165, 1.54) is 11.0 Å². The smallest absolute Gasteiger partial charge is 0.331 e. The van der Waals surface area contributed by atoms with Crippen LogP contribution in [0.15, 0.2) is 72.9 Å². The minimum Gasteiger partial charge on any atom is -0.452 e. The Morgan fingerprint density at radius 1 is 1.03 bits per heavy atom. The van der Waals surface area contributed by atoms with E-state index < -0.39 is 5.97 Å². The van der Waals surface area contributed by atoms with E-state index in [0.717, 1.165) is 22.4 Å². The summed E-state index contributed by atoms with van der Waals surface area (Å²) in [6.07, 6.45) is 4.88. The minimum absolute atomic E-state index is 0.271. The highest BCUT2D eigenvalue weighted by atomic mass is 16.5. The monoisotopic (exact) mass is 389 g/mol. The predicted molar refractivity (Wildman–Crippen MR) is 112 cm³/mol. The van der Waals surface area contributed by atoms with Gasteiger partial charge in [-0.25, -0.2) is 4.79 Å². The maximum absolute atomic E-state index is 12.0. The molecule has 0 bridgehead atoms. The molecule has 0 N–H and O–H groups in total. The van der Waals surface area contributed by atoms with E-state index in [1.807, 2.05) is 71.5 Å². The summed E-state index contributed by atoms with van der Waals surface area (Å²) < 4.78 is 6.84. The Kier molecular flexibility index (Phi) is 6.58. The molecular formula is C23H23N3O3. The highest BCUT2D eigenvalue weighted by molar-refractivity contribution is 5.90. The van der Waals surface area contributed by atoms with Crippen molar-refractivity contribution in [1.29, 1.82) is 0 Å². The summed E-state index contributed by atoms with van der Waals surface area (Å²) in [5.41, 5.74) is 3.65. The van der Waals surface area contributed by atoms with Crippen LogP contribution in [0.3, 0.4) is 0 Å². The molecule has 0 unspecified atom stereocenters. The molecule has 6 nitrogen and oxygen atoms in total. The highest BCUT2D eigenvalue weighted by Gasteiger charge is 2.11. The second-order valence-corrected chi connectivity index (χ2v) is 6.71. The lowest BCUT2D eigenvalue weighted by molar-refractivity contribution is -0.146.